The van der Waals surface area contributed by atoms with Gasteiger partial charge in [-0.1, -0.05) is 24.4 Å². The van der Waals surface area contributed by atoms with E-state index in [-0.39, 0.29) is 10.2 Å². The lowest BCUT2D eigenvalue weighted by molar-refractivity contribution is 0.566. The first-order valence-electron chi connectivity index (χ1n) is 5.09. The van der Waals surface area contributed by atoms with Gasteiger partial charge in [-0.05, 0) is 6.42 Å². The van der Waals surface area contributed by atoms with E-state index in [2.05, 4.69) is 15.6 Å². The second kappa shape index (κ2) is 4.90. The van der Waals surface area contributed by atoms with Crippen LogP contribution in [0.3, 0.4) is 0 Å². The zero-order valence-corrected chi connectivity index (χ0v) is 11.8. The van der Waals surface area contributed by atoms with Gasteiger partial charge in [0.05, 0.1) is 6.04 Å². The molecule has 2 aromatic heterocycles. The minimum absolute atomic E-state index is 0.0544. The minimum Gasteiger partial charge on any atom is -0.279 e. The summed E-state index contributed by atoms with van der Waals surface area (Å²) < 4.78 is 28.3. The molecule has 0 amide bonds. The van der Waals surface area contributed by atoms with Crippen LogP contribution in [0.2, 0.25) is 5.15 Å². The summed E-state index contributed by atoms with van der Waals surface area (Å²) in [5, 5.41) is 1.60. The Morgan fingerprint density at radius 3 is 3.06 bits per heavy atom. The standard InChI is InChI=1S/C10H10ClN3O2S2/c1-3-7(4-2)13-18(15,16)9-8(11)12-10-14(9)5-6-17-10/h1,5-7,13H,4H2,2H3. The molecule has 2 rings (SSSR count). The molecule has 96 valence electrons. The summed E-state index contributed by atoms with van der Waals surface area (Å²) in [5.74, 6) is 2.37. The predicted octanol–water partition coefficient (Wildman–Crippen LogP) is 1.74. The number of halogens is 1. The van der Waals surface area contributed by atoms with Gasteiger partial charge in [0.1, 0.15) is 0 Å². The third kappa shape index (κ3) is 2.24. The molecular weight excluding hydrogens is 294 g/mol. The summed E-state index contributed by atoms with van der Waals surface area (Å²) in [4.78, 5) is 4.50. The Hall–Kier alpha value is -1.07. The molecule has 0 bridgehead atoms. The molecule has 0 spiro atoms. The quantitative estimate of drug-likeness (QED) is 0.875. The number of terminal acetylenes is 1. The Morgan fingerprint density at radius 2 is 2.44 bits per heavy atom. The van der Waals surface area contributed by atoms with Crippen LogP contribution in [0.4, 0.5) is 0 Å². The van der Waals surface area contributed by atoms with Gasteiger partial charge in [-0.15, -0.1) is 17.8 Å². The maximum Gasteiger partial charge on any atom is 0.260 e. The van der Waals surface area contributed by atoms with Gasteiger partial charge >= 0.3 is 0 Å². The molecule has 8 heteroatoms. The van der Waals surface area contributed by atoms with Gasteiger partial charge in [0, 0.05) is 11.6 Å². The number of hydrogen-bond acceptors (Lipinski definition) is 4. The molecule has 18 heavy (non-hydrogen) atoms. The summed E-state index contributed by atoms with van der Waals surface area (Å²) in [6.07, 6.45) is 7.34. The second-order valence-electron chi connectivity index (χ2n) is 3.51. The monoisotopic (exact) mass is 303 g/mol. The number of fused-ring (bicyclic) bond motifs is 1. The molecule has 0 radical (unpaired) electrons. The molecular formula is C10H10ClN3O2S2. The molecule has 1 unspecified atom stereocenters. The number of hydrogen-bond donors (Lipinski definition) is 1. The number of imidazole rings is 1. The highest BCUT2D eigenvalue weighted by Crippen LogP contribution is 2.25. The average molecular weight is 304 g/mol. The van der Waals surface area contributed by atoms with Crippen molar-refractivity contribution in [2.45, 2.75) is 24.4 Å². The fraction of sp³-hybridized carbons (Fsp3) is 0.300. The molecule has 0 saturated heterocycles. The first kappa shape index (κ1) is 13.4. The Balaban J connectivity index is 2.50. The molecule has 0 aliphatic rings. The number of thiazole rings is 1. The van der Waals surface area contributed by atoms with Crippen LogP contribution in [0.15, 0.2) is 16.6 Å². The van der Waals surface area contributed by atoms with Crippen molar-refractivity contribution in [2.24, 2.45) is 0 Å². The molecule has 0 aliphatic carbocycles. The van der Waals surface area contributed by atoms with E-state index < -0.39 is 16.1 Å². The highest BCUT2D eigenvalue weighted by atomic mass is 35.5. The van der Waals surface area contributed by atoms with Gasteiger partial charge < -0.3 is 0 Å². The summed E-state index contributed by atoms with van der Waals surface area (Å²) in [5.41, 5.74) is 0. The van der Waals surface area contributed by atoms with Gasteiger partial charge in [-0.3, -0.25) is 4.40 Å². The highest BCUT2D eigenvalue weighted by Gasteiger charge is 2.26. The van der Waals surface area contributed by atoms with E-state index in [0.29, 0.717) is 11.4 Å². The molecule has 5 nitrogen and oxygen atoms in total. The first-order chi connectivity index (χ1) is 8.49. The van der Waals surface area contributed by atoms with Crippen molar-refractivity contribution in [2.75, 3.05) is 0 Å². The van der Waals surface area contributed by atoms with E-state index in [4.69, 9.17) is 18.0 Å². The van der Waals surface area contributed by atoms with Crippen LogP contribution in [-0.2, 0) is 10.0 Å². The molecule has 0 saturated carbocycles. The third-order valence-electron chi connectivity index (χ3n) is 2.34. The van der Waals surface area contributed by atoms with Crippen molar-refractivity contribution in [1.29, 1.82) is 0 Å². The third-order valence-corrected chi connectivity index (χ3v) is 4.97. The van der Waals surface area contributed by atoms with Gasteiger partial charge in [0.15, 0.2) is 15.1 Å². The number of rotatable bonds is 4. The van der Waals surface area contributed by atoms with Gasteiger partial charge in [-0.25, -0.2) is 13.4 Å². The smallest absolute Gasteiger partial charge is 0.260 e. The predicted molar refractivity (Wildman–Crippen MR) is 71.3 cm³/mol. The number of nitrogens with zero attached hydrogens (tertiary/aromatic N) is 2. The average Bonchev–Trinajstić information content (AvgIpc) is 2.84. The Kier molecular flexibility index (Phi) is 3.64. The maximum atomic E-state index is 12.2. The van der Waals surface area contributed by atoms with Crippen molar-refractivity contribution >= 4 is 37.9 Å². The molecule has 2 aromatic rings. The summed E-state index contributed by atoms with van der Waals surface area (Å²) in [7, 11) is -3.78. The topological polar surface area (TPSA) is 63.5 Å². The van der Waals surface area contributed by atoms with E-state index in [1.165, 1.54) is 15.7 Å². The van der Waals surface area contributed by atoms with Crippen LogP contribution < -0.4 is 4.72 Å². The van der Waals surface area contributed by atoms with E-state index >= 15 is 0 Å². The number of nitrogens with one attached hydrogen (secondary N) is 1. The van der Waals surface area contributed by atoms with Gasteiger partial charge in [0.25, 0.3) is 10.0 Å². The Morgan fingerprint density at radius 1 is 1.72 bits per heavy atom. The fourth-order valence-electron chi connectivity index (χ4n) is 1.46. The molecule has 0 fully saturated rings. The van der Waals surface area contributed by atoms with Gasteiger partial charge in [0.2, 0.25) is 0 Å². The van der Waals surface area contributed by atoms with Crippen LogP contribution in [0.5, 0.6) is 0 Å². The minimum atomic E-state index is -3.78. The summed E-state index contributed by atoms with van der Waals surface area (Å²) >= 11 is 7.17. The van der Waals surface area contributed by atoms with Crippen molar-refractivity contribution in [1.82, 2.24) is 14.1 Å². The highest BCUT2D eigenvalue weighted by molar-refractivity contribution is 7.89. The van der Waals surface area contributed by atoms with Crippen molar-refractivity contribution in [3.8, 4) is 12.3 Å². The molecule has 0 aliphatic heterocycles. The zero-order valence-electron chi connectivity index (χ0n) is 9.42. The zero-order chi connectivity index (χ0) is 13.3. The molecule has 1 N–H and O–H groups in total. The SMILES string of the molecule is C#CC(CC)NS(=O)(=O)c1c(Cl)nc2sccn12. The molecule has 2 heterocycles. The van der Waals surface area contributed by atoms with Crippen LogP contribution in [-0.4, -0.2) is 23.8 Å². The largest absolute Gasteiger partial charge is 0.279 e. The van der Waals surface area contributed by atoms with Gasteiger partial charge in [-0.2, -0.15) is 4.72 Å². The van der Waals surface area contributed by atoms with Crippen molar-refractivity contribution in [3.05, 3.63) is 16.7 Å². The number of aromatic nitrogens is 2. The second-order valence-corrected chi connectivity index (χ2v) is 6.37. The van der Waals surface area contributed by atoms with Crippen molar-refractivity contribution in [3.63, 3.8) is 0 Å². The summed E-state index contributed by atoms with van der Waals surface area (Å²) in [6, 6.07) is -0.560. The lowest BCUT2D eigenvalue weighted by Gasteiger charge is -2.10. The maximum absolute atomic E-state index is 12.2. The van der Waals surface area contributed by atoms with Crippen LogP contribution in [0.1, 0.15) is 13.3 Å². The van der Waals surface area contributed by atoms with E-state index in [1.807, 2.05) is 0 Å². The lowest BCUT2D eigenvalue weighted by atomic mass is 10.3. The number of sulfonamides is 1. The molecule has 1 atom stereocenters. The summed E-state index contributed by atoms with van der Waals surface area (Å²) in [6.45, 7) is 1.80. The van der Waals surface area contributed by atoms with E-state index in [0.717, 1.165) is 0 Å². The molecule has 0 aromatic carbocycles. The van der Waals surface area contributed by atoms with Crippen LogP contribution in [0, 0.1) is 12.3 Å². The van der Waals surface area contributed by atoms with Crippen LogP contribution in [0.25, 0.3) is 4.96 Å². The van der Waals surface area contributed by atoms with Crippen molar-refractivity contribution < 1.29 is 8.42 Å². The van der Waals surface area contributed by atoms with E-state index in [9.17, 15) is 8.42 Å². The fourth-order valence-corrected chi connectivity index (χ4v) is 4.15. The Labute approximate surface area is 114 Å². The van der Waals surface area contributed by atoms with Crippen LogP contribution >= 0.6 is 22.9 Å². The first-order valence-corrected chi connectivity index (χ1v) is 7.83. The normalized spacial score (nSPS) is 13.6. The lowest BCUT2D eigenvalue weighted by Crippen LogP contribution is -2.34. The Bertz CT molecular complexity index is 711. The van der Waals surface area contributed by atoms with E-state index in [1.54, 1.807) is 18.5 Å².